The van der Waals surface area contributed by atoms with E-state index >= 15 is 0 Å². The van der Waals surface area contributed by atoms with Crippen molar-refractivity contribution < 1.29 is 4.42 Å². The first-order chi connectivity index (χ1) is 6.74. The van der Waals surface area contributed by atoms with Crippen LogP contribution in [0.5, 0.6) is 0 Å². The fourth-order valence-corrected chi connectivity index (χ4v) is 3.15. The SMILES string of the molecule is CC1CC2(NCCc3ccoc32)C1C. The quantitative estimate of drug-likeness (QED) is 0.680. The fraction of sp³-hybridized carbons (Fsp3) is 0.667. The molecule has 3 atom stereocenters. The molecule has 1 saturated carbocycles. The first-order valence-electron chi connectivity index (χ1n) is 5.56. The van der Waals surface area contributed by atoms with Crippen molar-refractivity contribution in [1.82, 2.24) is 5.32 Å². The molecule has 1 fully saturated rings. The van der Waals surface area contributed by atoms with Gasteiger partial charge in [0, 0.05) is 6.54 Å². The zero-order chi connectivity index (χ0) is 9.76. The summed E-state index contributed by atoms with van der Waals surface area (Å²) < 4.78 is 5.67. The molecule has 0 radical (unpaired) electrons. The second-order valence-corrected chi connectivity index (χ2v) is 4.89. The lowest BCUT2D eigenvalue weighted by Crippen LogP contribution is -2.60. The summed E-state index contributed by atoms with van der Waals surface area (Å²) in [5, 5.41) is 3.66. The minimum atomic E-state index is 0.177. The lowest BCUT2D eigenvalue weighted by molar-refractivity contribution is 0.000764. The molecule has 1 aromatic heterocycles. The van der Waals surface area contributed by atoms with Crippen molar-refractivity contribution >= 4 is 0 Å². The summed E-state index contributed by atoms with van der Waals surface area (Å²) in [6, 6.07) is 2.13. The van der Waals surface area contributed by atoms with Gasteiger partial charge in [-0.15, -0.1) is 0 Å². The van der Waals surface area contributed by atoms with Gasteiger partial charge >= 0.3 is 0 Å². The van der Waals surface area contributed by atoms with Gasteiger partial charge in [-0.1, -0.05) is 13.8 Å². The number of nitrogens with one attached hydrogen (secondary N) is 1. The molecular weight excluding hydrogens is 174 g/mol. The minimum Gasteiger partial charge on any atom is -0.467 e. The van der Waals surface area contributed by atoms with Crippen molar-refractivity contribution in [3.63, 3.8) is 0 Å². The summed E-state index contributed by atoms with van der Waals surface area (Å²) in [5.41, 5.74) is 1.60. The highest BCUT2D eigenvalue weighted by Crippen LogP contribution is 2.52. The highest BCUT2D eigenvalue weighted by molar-refractivity contribution is 5.32. The highest BCUT2D eigenvalue weighted by atomic mass is 16.3. The van der Waals surface area contributed by atoms with Crippen LogP contribution in [0.1, 0.15) is 31.6 Å². The minimum absolute atomic E-state index is 0.177. The molecule has 2 heteroatoms. The van der Waals surface area contributed by atoms with Gasteiger partial charge in [0.1, 0.15) is 5.76 Å². The Bertz CT molecular complexity index is 357. The monoisotopic (exact) mass is 191 g/mol. The molecule has 1 N–H and O–H groups in total. The summed E-state index contributed by atoms with van der Waals surface area (Å²) in [7, 11) is 0. The van der Waals surface area contributed by atoms with Gasteiger partial charge in [-0.3, -0.25) is 0 Å². The molecule has 1 aliphatic carbocycles. The van der Waals surface area contributed by atoms with Crippen LogP contribution in [0.3, 0.4) is 0 Å². The Morgan fingerprint density at radius 3 is 3.07 bits per heavy atom. The smallest absolute Gasteiger partial charge is 0.127 e. The Hall–Kier alpha value is -0.760. The van der Waals surface area contributed by atoms with Crippen LogP contribution < -0.4 is 5.32 Å². The Labute approximate surface area is 84.7 Å². The second-order valence-electron chi connectivity index (χ2n) is 4.89. The molecule has 0 amide bonds. The van der Waals surface area contributed by atoms with E-state index in [0.29, 0.717) is 5.92 Å². The zero-order valence-corrected chi connectivity index (χ0v) is 8.84. The molecule has 76 valence electrons. The molecule has 0 aromatic carbocycles. The van der Waals surface area contributed by atoms with Crippen LogP contribution in [-0.2, 0) is 12.0 Å². The van der Waals surface area contributed by atoms with Crippen molar-refractivity contribution in [2.45, 2.75) is 32.2 Å². The van der Waals surface area contributed by atoms with E-state index in [2.05, 4.69) is 25.2 Å². The molecule has 1 aromatic rings. The summed E-state index contributed by atoms with van der Waals surface area (Å²) in [4.78, 5) is 0. The van der Waals surface area contributed by atoms with Crippen molar-refractivity contribution in [2.75, 3.05) is 6.54 Å². The maximum Gasteiger partial charge on any atom is 0.127 e. The third-order valence-electron chi connectivity index (χ3n) is 4.26. The van der Waals surface area contributed by atoms with Crippen LogP contribution in [0.2, 0.25) is 0 Å². The average molecular weight is 191 g/mol. The van der Waals surface area contributed by atoms with Gasteiger partial charge < -0.3 is 9.73 Å². The van der Waals surface area contributed by atoms with Gasteiger partial charge in [0.15, 0.2) is 0 Å². The normalized spacial score (nSPS) is 40.7. The van der Waals surface area contributed by atoms with Crippen LogP contribution in [0.15, 0.2) is 16.7 Å². The molecule has 3 rings (SSSR count). The summed E-state index contributed by atoms with van der Waals surface area (Å²) in [5.74, 6) is 2.74. The molecule has 2 heterocycles. The molecule has 2 nitrogen and oxygen atoms in total. The van der Waals surface area contributed by atoms with E-state index in [-0.39, 0.29) is 5.54 Å². The zero-order valence-electron chi connectivity index (χ0n) is 8.84. The van der Waals surface area contributed by atoms with Gasteiger partial charge in [-0.2, -0.15) is 0 Å². The lowest BCUT2D eigenvalue weighted by atomic mass is 9.58. The van der Waals surface area contributed by atoms with Crippen molar-refractivity contribution in [2.24, 2.45) is 11.8 Å². The Morgan fingerprint density at radius 1 is 1.50 bits per heavy atom. The highest BCUT2D eigenvalue weighted by Gasteiger charge is 2.54. The van der Waals surface area contributed by atoms with Crippen LogP contribution in [0.25, 0.3) is 0 Å². The summed E-state index contributed by atoms with van der Waals surface area (Å²) in [6.07, 6.45) is 4.19. The Morgan fingerprint density at radius 2 is 2.36 bits per heavy atom. The van der Waals surface area contributed by atoms with Crippen LogP contribution in [-0.4, -0.2) is 6.54 Å². The summed E-state index contributed by atoms with van der Waals surface area (Å²) >= 11 is 0. The van der Waals surface area contributed by atoms with E-state index in [9.17, 15) is 0 Å². The van der Waals surface area contributed by atoms with E-state index in [1.807, 2.05) is 6.26 Å². The summed E-state index contributed by atoms with van der Waals surface area (Å²) in [6.45, 7) is 5.76. The largest absolute Gasteiger partial charge is 0.467 e. The molecule has 0 bridgehead atoms. The van der Waals surface area contributed by atoms with Crippen molar-refractivity contribution in [1.29, 1.82) is 0 Å². The first kappa shape index (κ1) is 8.54. The number of furan rings is 1. The maximum absolute atomic E-state index is 5.67. The molecule has 2 aliphatic rings. The fourth-order valence-electron chi connectivity index (χ4n) is 3.15. The number of hydrogen-bond acceptors (Lipinski definition) is 2. The molecule has 0 saturated heterocycles. The average Bonchev–Trinajstić information content (AvgIpc) is 2.66. The molecule has 1 spiro atoms. The van der Waals surface area contributed by atoms with Crippen LogP contribution in [0.4, 0.5) is 0 Å². The predicted octanol–water partition coefficient (Wildman–Crippen LogP) is 2.30. The molecular formula is C12H17NO. The standard InChI is InChI=1S/C12H17NO/c1-8-7-12(9(8)2)11-10(3-5-13-12)4-6-14-11/h4,6,8-9,13H,3,5,7H2,1-2H3. The lowest BCUT2D eigenvalue weighted by Gasteiger charge is -2.54. The second kappa shape index (κ2) is 2.63. The van der Waals surface area contributed by atoms with Gasteiger partial charge in [-0.05, 0) is 36.3 Å². The van der Waals surface area contributed by atoms with Gasteiger partial charge in [0.2, 0.25) is 0 Å². The predicted molar refractivity (Wildman–Crippen MR) is 55.0 cm³/mol. The van der Waals surface area contributed by atoms with Crippen LogP contribution in [0, 0.1) is 11.8 Å². The molecule has 1 aliphatic heterocycles. The van der Waals surface area contributed by atoms with Gasteiger partial charge in [-0.25, -0.2) is 0 Å². The van der Waals surface area contributed by atoms with Gasteiger partial charge in [0.25, 0.3) is 0 Å². The molecule has 3 unspecified atom stereocenters. The third-order valence-corrected chi connectivity index (χ3v) is 4.26. The van der Waals surface area contributed by atoms with Crippen molar-refractivity contribution in [3.8, 4) is 0 Å². The first-order valence-corrected chi connectivity index (χ1v) is 5.56. The Kier molecular flexibility index (Phi) is 1.61. The Balaban J connectivity index is 2.04. The van der Waals surface area contributed by atoms with Crippen molar-refractivity contribution in [3.05, 3.63) is 23.7 Å². The third kappa shape index (κ3) is 0.850. The van der Waals surface area contributed by atoms with E-state index in [1.165, 1.54) is 17.7 Å². The number of fused-ring (bicyclic) bond motifs is 2. The van der Waals surface area contributed by atoms with E-state index in [1.54, 1.807) is 0 Å². The molecule has 14 heavy (non-hydrogen) atoms. The van der Waals surface area contributed by atoms with E-state index in [0.717, 1.165) is 18.9 Å². The number of rotatable bonds is 0. The van der Waals surface area contributed by atoms with E-state index < -0.39 is 0 Å². The topological polar surface area (TPSA) is 25.2 Å². The van der Waals surface area contributed by atoms with Gasteiger partial charge in [0.05, 0.1) is 11.8 Å². The van der Waals surface area contributed by atoms with Crippen LogP contribution >= 0.6 is 0 Å². The maximum atomic E-state index is 5.67. The number of hydrogen-bond donors (Lipinski definition) is 1. The van der Waals surface area contributed by atoms with E-state index in [4.69, 9.17) is 4.42 Å².